The minimum absolute atomic E-state index is 0.0763. The van der Waals surface area contributed by atoms with Crippen LogP contribution < -0.4 is 10.1 Å². The minimum Gasteiger partial charge on any atom is -0.492 e. The smallest absolute Gasteiger partial charge is 0.317 e. The number of urea groups is 1. The second kappa shape index (κ2) is 6.99. The normalized spacial score (nSPS) is 18.4. The molecule has 0 saturated carbocycles. The van der Waals surface area contributed by atoms with Gasteiger partial charge in [-0.15, -0.1) is 0 Å². The van der Waals surface area contributed by atoms with Crippen molar-refractivity contribution in [2.75, 3.05) is 32.8 Å². The number of ether oxygens (including phenoxy) is 1. The fraction of sp³-hybridized carbons (Fsp3) is 0.500. The van der Waals surface area contributed by atoms with Crippen molar-refractivity contribution in [1.29, 1.82) is 0 Å². The van der Waals surface area contributed by atoms with Crippen LogP contribution in [0.4, 0.5) is 4.79 Å². The summed E-state index contributed by atoms with van der Waals surface area (Å²) in [6.07, 6.45) is 0.879. The Balaban J connectivity index is 1.62. The third-order valence-corrected chi connectivity index (χ3v) is 3.22. The number of carbonyl (C=O) groups is 1. The van der Waals surface area contributed by atoms with Crippen molar-refractivity contribution < 1.29 is 14.6 Å². The molecule has 1 aliphatic rings. The van der Waals surface area contributed by atoms with E-state index in [9.17, 15) is 4.79 Å². The van der Waals surface area contributed by atoms with E-state index in [1.165, 1.54) is 0 Å². The molecule has 1 aromatic rings. The first kappa shape index (κ1) is 13.7. The third kappa shape index (κ3) is 4.13. The summed E-state index contributed by atoms with van der Waals surface area (Å²) in [5, 5.41) is 11.8. The second-order valence-corrected chi connectivity index (χ2v) is 4.68. The number of amides is 2. The number of aliphatic hydroxyl groups is 1. The van der Waals surface area contributed by atoms with Crippen LogP contribution in [0.15, 0.2) is 30.3 Å². The molecule has 2 rings (SSSR count). The molecule has 2 N–H and O–H groups in total. The van der Waals surface area contributed by atoms with Crippen LogP contribution in [0.25, 0.3) is 0 Å². The number of benzene rings is 1. The first-order valence-electron chi connectivity index (χ1n) is 6.61. The third-order valence-electron chi connectivity index (χ3n) is 3.22. The Bertz CT molecular complexity index is 397. The predicted octanol–water partition coefficient (Wildman–Crippen LogP) is 1.09. The quantitative estimate of drug-likeness (QED) is 0.783. The van der Waals surface area contributed by atoms with Crippen LogP contribution in [0.5, 0.6) is 5.75 Å². The van der Waals surface area contributed by atoms with Crippen LogP contribution in [0, 0.1) is 5.92 Å². The van der Waals surface area contributed by atoms with E-state index in [2.05, 4.69) is 5.32 Å². The van der Waals surface area contributed by atoms with Gasteiger partial charge < -0.3 is 20.1 Å². The number of aliphatic hydroxyl groups excluding tert-OH is 1. The summed E-state index contributed by atoms with van der Waals surface area (Å²) in [6.45, 7) is 2.44. The van der Waals surface area contributed by atoms with Gasteiger partial charge in [-0.3, -0.25) is 0 Å². The lowest BCUT2D eigenvalue weighted by atomic mass is 10.1. The highest BCUT2D eigenvalue weighted by atomic mass is 16.5. The Morgan fingerprint density at radius 2 is 2.21 bits per heavy atom. The van der Waals surface area contributed by atoms with Crippen molar-refractivity contribution in [2.24, 2.45) is 5.92 Å². The van der Waals surface area contributed by atoms with Gasteiger partial charge in [0.2, 0.25) is 0 Å². The highest BCUT2D eigenvalue weighted by Crippen LogP contribution is 2.14. The molecule has 0 bridgehead atoms. The minimum atomic E-state index is -0.0763. The van der Waals surface area contributed by atoms with E-state index in [0.717, 1.165) is 18.7 Å². The lowest BCUT2D eigenvalue weighted by Crippen LogP contribution is -2.40. The molecule has 0 radical (unpaired) electrons. The van der Waals surface area contributed by atoms with Crippen LogP contribution in [-0.4, -0.2) is 48.9 Å². The van der Waals surface area contributed by atoms with Crippen LogP contribution in [0.1, 0.15) is 6.42 Å². The number of nitrogens with one attached hydrogen (secondary N) is 1. The molecule has 5 heteroatoms. The van der Waals surface area contributed by atoms with Crippen LogP contribution in [-0.2, 0) is 0 Å². The summed E-state index contributed by atoms with van der Waals surface area (Å²) >= 11 is 0. The molecule has 1 aliphatic heterocycles. The SMILES string of the molecule is O=C(NCCOc1ccccc1)N1CCC(CO)C1. The Morgan fingerprint density at radius 1 is 1.42 bits per heavy atom. The van der Waals surface area contributed by atoms with Gasteiger partial charge in [-0.2, -0.15) is 0 Å². The average Bonchev–Trinajstić information content (AvgIpc) is 2.93. The first-order valence-corrected chi connectivity index (χ1v) is 6.61. The Morgan fingerprint density at radius 3 is 2.89 bits per heavy atom. The van der Waals surface area contributed by atoms with Gasteiger partial charge in [0.05, 0.1) is 6.54 Å². The molecule has 1 atom stereocenters. The maximum Gasteiger partial charge on any atom is 0.317 e. The van der Waals surface area contributed by atoms with E-state index in [4.69, 9.17) is 9.84 Å². The van der Waals surface area contributed by atoms with Crippen molar-refractivity contribution in [3.8, 4) is 5.75 Å². The molecule has 0 aliphatic carbocycles. The Hall–Kier alpha value is -1.75. The maximum absolute atomic E-state index is 11.8. The topological polar surface area (TPSA) is 61.8 Å². The fourth-order valence-electron chi connectivity index (χ4n) is 2.12. The van der Waals surface area contributed by atoms with E-state index >= 15 is 0 Å². The first-order chi connectivity index (χ1) is 9.29. The molecule has 1 unspecified atom stereocenters. The summed E-state index contributed by atoms with van der Waals surface area (Å²) in [4.78, 5) is 13.5. The number of para-hydroxylation sites is 1. The van der Waals surface area contributed by atoms with Gasteiger partial charge in [0.25, 0.3) is 0 Å². The summed E-state index contributed by atoms with van der Waals surface area (Å²) < 4.78 is 5.49. The van der Waals surface area contributed by atoms with E-state index in [0.29, 0.717) is 19.7 Å². The molecule has 1 saturated heterocycles. The molecule has 19 heavy (non-hydrogen) atoms. The summed E-state index contributed by atoms with van der Waals surface area (Å²) in [7, 11) is 0. The predicted molar refractivity (Wildman–Crippen MR) is 72.1 cm³/mol. The van der Waals surface area contributed by atoms with Crippen molar-refractivity contribution in [3.63, 3.8) is 0 Å². The summed E-state index contributed by atoms with van der Waals surface area (Å²) in [5.41, 5.74) is 0. The Labute approximate surface area is 113 Å². The monoisotopic (exact) mass is 264 g/mol. The lowest BCUT2D eigenvalue weighted by molar-refractivity contribution is 0.195. The van der Waals surface area contributed by atoms with Crippen molar-refractivity contribution in [1.82, 2.24) is 10.2 Å². The molecule has 104 valence electrons. The number of hydrogen-bond donors (Lipinski definition) is 2. The molecule has 1 fully saturated rings. The zero-order valence-corrected chi connectivity index (χ0v) is 10.9. The van der Waals surface area contributed by atoms with Crippen LogP contribution >= 0.6 is 0 Å². The second-order valence-electron chi connectivity index (χ2n) is 4.68. The zero-order chi connectivity index (χ0) is 13.5. The summed E-state index contributed by atoms with van der Waals surface area (Å²) in [5.74, 6) is 1.03. The average molecular weight is 264 g/mol. The highest BCUT2D eigenvalue weighted by molar-refractivity contribution is 5.74. The van der Waals surface area contributed by atoms with Gasteiger partial charge in [-0.1, -0.05) is 18.2 Å². The number of hydrogen-bond acceptors (Lipinski definition) is 3. The van der Waals surface area contributed by atoms with E-state index in [1.54, 1.807) is 4.90 Å². The molecular weight excluding hydrogens is 244 g/mol. The van der Waals surface area contributed by atoms with Gasteiger partial charge in [-0.05, 0) is 18.6 Å². The number of rotatable bonds is 5. The van der Waals surface area contributed by atoms with E-state index in [-0.39, 0.29) is 18.6 Å². The molecular formula is C14H20N2O3. The molecule has 1 aromatic carbocycles. The number of carbonyl (C=O) groups excluding carboxylic acids is 1. The van der Waals surface area contributed by atoms with Gasteiger partial charge in [0, 0.05) is 25.6 Å². The molecule has 0 spiro atoms. The fourth-order valence-corrected chi connectivity index (χ4v) is 2.12. The van der Waals surface area contributed by atoms with Gasteiger partial charge in [0.15, 0.2) is 0 Å². The van der Waals surface area contributed by atoms with Crippen molar-refractivity contribution in [2.45, 2.75) is 6.42 Å². The van der Waals surface area contributed by atoms with Crippen molar-refractivity contribution >= 4 is 6.03 Å². The van der Waals surface area contributed by atoms with Gasteiger partial charge in [-0.25, -0.2) is 4.79 Å². The molecule has 1 heterocycles. The molecule has 0 aromatic heterocycles. The number of likely N-dealkylation sites (tertiary alicyclic amines) is 1. The number of nitrogens with zero attached hydrogens (tertiary/aromatic N) is 1. The standard InChI is InChI=1S/C14H20N2O3/c17-11-12-6-8-16(10-12)14(18)15-7-9-19-13-4-2-1-3-5-13/h1-5,12,17H,6-11H2,(H,15,18). The summed E-state index contributed by atoms with van der Waals surface area (Å²) in [6, 6.07) is 9.44. The molecule has 5 nitrogen and oxygen atoms in total. The van der Waals surface area contributed by atoms with Gasteiger partial charge >= 0.3 is 6.03 Å². The zero-order valence-electron chi connectivity index (χ0n) is 10.9. The van der Waals surface area contributed by atoms with Crippen molar-refractivity contribution in [3.05, 3.63) is 30.3 Å². The van der Waals surface area contributed by atoms with Gasteiger partial charge in [0.1, 0.15) is 12.4 Å². The largest absolute Gasteiger partial charge is 0.492 e. The van der Waals surface area contributed by atoms with E-state index < -0.39 is 0 Å². The maximum atomic E-state index is 11.8. The highest BCUT2D eigenvalue weighted by Gasteiger charge is 2.25. The van der Waals surface area contributed by atoms with E-state index in [1.807, 2.05) is 30.3 Å². The van der Waals surface area contributed by atoms with Crippen LogP contribution in [0.3, 0.4) is 0 Å². The lowest BCUT2D eigenvalue weighted by Gasteiger charge is -2.17. The molecule has 2 amide bonds. The van der Waals surface area contributed by atoms with Crippen LogP contribution in [0.2, 0.25) is 0 Å². The Kier molecular flexibility index (Phi) is 5.03.